The van der Waals surface area contributed by atoms with Crippen molar-refractivity contribution in [1.82, 2.24) is 10.4 Å². The maximum absolute atomic E-state index is 12.2. The van der Waals surface area contributed by atoms with Gasteiger partial charge in [0.25, 0.3) is 5.91 Å². The summed E-state index contributed by atoms with van der Waals surface area (Å²) in [5.41, 5.74) is 2.80. The molecule has 0 radical (unpaired) electrons. The molecule has 122 valence electrons. The highest BCUT2D eigenvalue weighted by atomic mass is 16.7. The Kier molecular flexibility index (Phi) is 6.48. The zero-order valence-electron chi connectivity index (χ0n) is 13.3. The van der Waals surface area contributed by atoms with Crippen LogP contribution in [-0.2, 0) is 4.84 Å². The Labute approximate surface area is 131 Å². The smallest absolute Gasteiger partial charge is 0.282 e. The van der Waals surface area contributed by atoms with E-state index in [1.165, 1.54) is 33.5 Å². The Balaban J connectivity index is 1.84. The largest absolute Gasteiger partial charge is 0.496 e. The number of carbonyl (C=O) groups is 1. The van der Waals surface area contributed by atoms with E-state index in [0.717, 1.165) is 19.6 Å². The van der Waals surface area contributed by atoms with E-state index in [9.17, 15) is 4.79 Å². The zero-order valence-corrected chi connectivity index (χ0v) is 13.3. The van der Waals surface area contributed by atoms with Gasteiger partial charge < -0.3 is 14.4 Å². The van der Waals surface area contributed by atoms with Crippen molar-refractivity contribution < 1.29 is 19.1 Å². The summed E-state index contributed by atoms with van der Waals surface area (Å²) in [6.45, 7) is 3.50. The van der Waals surface area contributed by atoms with Crippen molar-refractivity contribution in [2.75, 3.05) is 40.5 Å². The first-order valence-electron chi connectivity index (χ1n) is 7.61. The minimum Gasteiger partial charge on any atom is -0.496 e. The lowest BCUT2D eigenvalue weighted by molar-refractivity contribution is 0.0202. The van der Waals surface area contributed by atoms with Gasteiger partial charge in [-0.3, -0.25) is 9.63 Å². The molecular formula is C16H24N2O4. The molecule has 0 aliphatic carbocycles. The third-order valence-electron chi connectivity index (χ3n) is 3.78. The Bertz CT molecular complexity index is 465. The van der Waals surface area contributed by atoms with Crippen LogP contribution >= 0.6 is 0 Å². The monoisotopic (exact) mass is 308 g/mol. The molecule has 0 bridgehead atoms. The summed E-state index contributed by atoms with van der Waals surface area (Å²) in [5.74, 6) is 0.543. The molecule has 0 aromatic heterocycles. The molecule has 2 rings (SSSR count). The molecule has 1 heterocycles. The molecule has 1 saturated heterocycles. The molecule has 1 aliphatic rings. The zero-order chi connectivity index (χ0) is 15.8. The number of hydrogen-bond donors (Lipinski definition) is 1. The van der Waals surface area contributed by atoms with Gasteiger partial charge in [0.1, 0.15) is 17.1 Å². The molecule has 1 N–H and O–H groups in total. The highest BCUT2D eigenvalue weighted by molar-refractivity contribution is 5.99. The van der Waals surface area contributed by atoms with Crippen LogP contribution in [0.3, 0.4) is 0 Å². The molecule has 1 aliphatic heterocycles. The average Bonchev–Trinajstić information content (AvgIpc) is 2.58. The van der Waals surface area contributed by atoms with E-state index < -0.39 is 0 Å². The van der Waals surface area contributed by atoms with Crippen molar-refractivity contribution in [3.05, 3.63) is 23.8 Å². The van der Waals surface area contributed by atoms with Crippen LogP contribution in [0, 0.1) is 0 Å². The van der Waals surface area contributed by atoms with Crippen molar-refractivity contribution in [3.63, 3.8) is 0 Å². The van der Waals surface area contributed by atoms with Crippen molar-refractivity contribution in [3.8, 4) is 11.5 Å². The molecule has 1 aromatic carbocycles. The summed E-state index contributed by atoms with van der Waals surface area (Å²) >= 11 is 0. The second kappa shape index (κ2) is 8.60. The van der Waals surface area contributed by atoms with Crippen LogP contribution in [0.15, 0.2) is 18.2 Å². The molecule has 0 saturated carbocycles. The first kappa shape index (κ1) is 16.6. The normalized spacial score (nSPS) is 15.4. The Morgan fingerprint density at radius 1 is 1.14 bits per heavy atom. The quantitative estimate of drug-likeness (QED) is 0.615. The standard InChI is InChI=1S/C16H24N2O4/c1-20-13-7-6-8-14(21-2)15(13)16(19)17-22-12-11-18-9-4-3-5-10-18/h6-8H,3-5,9-12H2,1-2H3,(H,17,19). The van der Waals surface area contributed by atoms with Gasteiger partial charge in [0.05, 0.1) is 20.8 Å². The fraction of sp³-hybridized carbons (Fsp3) is 0.562. The number of ether oxygens (including phenoxy) is 2. The fourth-order valence-corrected chi connectivity index (χ4v) is 2.60. The van der Waals surface area contributed by atoms with Crippen molar-refractivity contribution in [1.29, 1.82) is 0 Å². The SMILES string of the molecule is COc1cccc(OC)c1C(=O)NOCCN1CCCCC1. The maximum Gasteiger partial charge on any atom is 0.282 e. The maximum atomic E-state index is 12.2. The molecule has 1 fully saturated rings. The number of methoxy groups -OCH3 is 2. The van der Waals surface area contributed by atoms with Crippen LogP contribution in [-0.4, -0.2) is 51.3 Å². The Morgan fingerprint density at radius 3 is 2.36 bits per heavy atom. The number of hydrogen-bond acceptors (Lipinski definition) is 5. The minimum atomic E-state index is -0.368. The molecule has 22 heavy (non-hydrogen) atoms. The van der Waals surface area contributed by atoms with Gasteiger partial charge in [-0.2, -0.15) is 0 Å². The van der Waals surface area contributed by atoms with E-state index in [4.69, 9.17) is 14.3 Å². The van der Waals surface area contributed by atoms with Gasteiger partial charge in [0, 0.05) is 6.54 Å². The summed E-state index contributed by atoms with van der Waals surface area (Å²) in [6, 6.07) is 5.20. The summed E-state index contributed by atoms with van der Waals surface area (Å²) in [4.78, 5) is 19.9. The summed E-state index contributed by atoms with van der Waals surface area (Å²) in [7, 11) is 3.03. The third-order valence-corrected chi connectivity index (χ3v) is 3.78. The van der Waals surface area contributed by atoms with Crippen LogP contribution < -0.4 is 15.0 Å². The minimum absolute atomic E-state index is 0.338. The number of hydroxylamine groups is 1. The lowest BCUT2D eigenvalue weighted by Gasteiger charge is -2.25. The van der Waals surface area contributed by atoms with Crippen molar-refractivity contribution in [2.45, 2.75) is 19.3 Å². The third kappa shape index (κ3) is 4.35. The van der Waals surface area contributed by atoms with E-state index in [1.54, 1.807) is 18.2 Å². The van der Waals surface area contributed by atoms with E-state index in [2.05, 4.69) is 10.4 Å². The van der Waals surface area contributed by atoms with Crippen LogP contribution in [0.5, 0.6) is 11.5 Å². The van der Waals surface area contributed by atoms with Crippen LogP contribution in [0.1, 0.15) is 29.6 Å². The Hall–Kier alpha value is -1.79. The summed E-state index contributed by atoms with van der Waals surface area (Å²) < 4.78 is 10.4. The molecule has 0 spiro atoms. The van der Waals surface area contributed by atoms with Gasteiger partial charge in [-0.25, -0.2) is 5.48 Å². The predicted molar refractivity (Wildman–Crippen MR) is 83.3 cm³/mol. The average molecular weight is 308 g/mol. The van der Waals surface area contributed by atoms with E-state index in [1.807, 2.05) is 0 Å². The number of nitrogens with one attached hydrogen (secondary N) is 1. The second-order valence-electron chi connectivity index (χ2n) is 5.22. The van der Waals surface area contributed by atoms with Gasteiger partial charge in [0.15, 0.2) is 0 Å². The van der Waals surface area contributed by atoms with Gasteiger partial charge in [-0.15, -0.1) is 0 Å². The van der Waals surface area contributed by atoms with E-state index in [0.29, 0.717) is 23.7 Å². The van der Waals surface area contributed by atoms with Crippen LogP contribution in [0.25, 0.3) is 0 Å². The first-order chi connectivity index (χ1) is 10.8. The molecular weight excluding hydrogens is 284 g/mol. The number of rotatable bonds is 7. The van der Waals surface area contributed by atoms with Crippen molar-refractivity contribution in [2.24, 2.45) is 0 Å². The number of nitrogens with zero attached hydrogens (tertiary/aromatic N) is 1. The topological polar surface area (TPSA) is 60.0 Å². The van der Waals surface area contributed by atoms with Crippen LogP contribution in [0.4, 0.5) is 0 Å². The number of carbonyl (C=O) groups excluding carboxylic acids is 1. The molecule has 1 amide bonds. The molecule has 0 atom stereocenters. The van der Waals surface area contributed by atoms with E-state index >= 15 is 0 Å². The van der Waals surface area contributed by atoms with E-state index in [-0.39, 0.29) is 5.91 Å². The number of benzene rings is 1. The van der Waals surface area contributed by atoms with Gasteiger partial charge in [-0.05, 0) is 38.1 Å². The highest BCUT2D eigenvalue weighted by Crippen LogP contribution is 2.27. The fourth-order valence-electron chi connectivity index (χ4n) is 2.60. The summed E-state index contributed by atoms with van der Waals surface area (Å²) in [5, 5.41) is 0. The Morgan fingerprint density at radius 2 is 1.77 bits per heavy atom. The van der Waals surface area contributed by atoms with Gasteiger partial charge in [0.2, 0.25) is 0 Å². The molecule has 6 nitrogen and oxygen atoms in total. The van der Waals surface area contributed by atoms with Crippen molar-refractivity contribution >= 4 is 5.91 Å². The number of piperidine rings is 1. The van der Waals surface area contributed by atoms with Gasteiger partial charge in [-0.1, -0.05) is 12.5 Å². The molecule has 0 unspecified atom stereocenters. The molecule has 6 heteroatoms. The highest BCUT2D eigenvalue weighted by Gasteiger charge is 2.18. The summed E-state index contributed by atoms with van der Waals surface area (Å²) in [6.07, 6.45) is 3.79. The number of amides is 1. The first-order valence-corrected chi connectivity index (χ1v) is 7.61. The lowest BCUT2D eigenvalue weighted by atomic mass is 10.1. The lowest BCUT2D eigenvalue weighted by Crippen LogP contribution is -2.35. The van der Waals surface area contributed by atoms with Gasteiger partial charge >= 0.3 is 0 Å². The number of likely N-dealkylation sites (tertiary alicyclic amines) is 1. The second-order valence-corrected chi connectivity index (χ2v) is 5.22. The molecule has 1 aromatic rings. The van der Waals surface area contributed by atoms with Crippen LogP contribution in [0.2, 0.25) is 0 Å². The predicted octanol–water partition coefficient (Wildman–Crippen LogP) is 1.85.